The van der Waals surface area contributed by atoms with E-state index in [2.05, 4.69) is 13.0 Å². The van der Waals surface area contributed by atoms with Crippen LogP contribution in [0.1, 0.15) is 63.0 Å². The van der Waals surface area contributed by atoms with Crippen LogP contribution in [0.15, 0.2) is 35.9 Å². The third-order valence-corrected chi connectivity index (χ3v) is 5.18. The molecule has 0 heterocycles. The lowest BCUT2D eigenvalue weighted by atomic mass is 9.87. The van der Waals surface area contributed by atoms with Crippen LogP contribution in [0.25, 0.3) is 17.2 Å². The van der Waals surface area contributed by atoms with Gasteiger partial charge in [-0.05, 0) is 42.9 Å². The number of allylic oxidation sites excluding steroid dienone is 1. The zero-order valence-electron chi connectivity index (χ0n) is 15.3. The molecule has 138 valence electrons. The van der Waals surface area contributed by atoms with Crippen LogP contribution < -0.4 is 0 Å². The molecule has 0 N–H and O–H groups in total. The van der Waals surface area contributed by atoms with Crippen LogP contribution in [-0.2, 0) is 6.42 Å². The van der Waals surface area contributed by atoms with Crippen LogP contribution >= 0.6 is 0 Å². The van der Waals surface area contributed by atoms with Crippen molar-refractivity contribution in [3.8, 4) is 11.1 Å². The first kappa shape index (κ1) is 18.8. The predicted octanol–water partition coefficient (Wildman–Crippen LogP) is 7.46. The standard InChI is InChI=1S/C23H25F3/c1-2-3-4-5-6-8-16-11-13-18-17(15-16)12-14-20(22(18)25)19-9-7-10-21(24)23(19)26/h7,9-10,12,14-15H,2-6,8,11,13H2,1H3. The van der Waals surface area contributed by atoms with E-state index < -0.39 is 17.5 Å². The van der Waals surface area contributed by atoms with Crippen LogP contribution in [0.3, 0.4) is 0 Å². The third kappa shape index (κ3) is 4.03. The molecule has 2 aromatic carbocycles. The number of benzene rings is 2. The first-order valence-corrected chi connectivity index (χ1v) is 9.57. The van der Waals surface area contributed by atoms with E-state index in [1.807, 2.05) is 6.07 Å². The van der Waals surface area contributed by atoms with Gasteiger partial charge in [-0.3, -0.25) is 0 Å². The molecular weight excluding hydrogens is 333 g/mol. The maximum Gasteiger partial charge on any atom is 0.166 e. The van der Waals surface area contributed by atoms with Crippen molar-refractivity contribution in [2.45, 2.75) is 58.3 Å². The summed E-state index contributed by atoms with van der Waals surface area (Å²) in [4.78, 5) is 0. The van der Waals surface area contributed by atoms with Crippen molar-refractivity contribution in [2.75, 3.05) is 0 Å². The van der Waals surface area contributed by atoms with Gasteiger partial charge in [-0.2, -0.15) is 0 Å². The maximum absolute atomic E-state index is 15.0. The molecule has 0 bridgehead atoms. The summed E-state index contributed by atoms with van der Waals surface area (Å²) in [5.74, 6) is -2.37. The Morgan fingerprint density at radius 3 is 2.38 bits per heavy atom. The van der Waals surface area contributed by atoms with Crippen molar-refractivity contribution in [1.29, 1.82) is 0 Å². The van der Waals surface area contributed by atoms with E-state index in [1.165, 1.54) is 49.8 Å². The lowest BCUT2D eigenvalue weighted by molar-refractivity contribution is 0.510. The van der Waals surface area contributed by atoms with E-state index in [9.17, 15) is 13.2 Å². The van der Waals surface area contributed by atoms with Gasteiger partial charge in [0.2, 0.25) is 0 Å². The first-order chi connectivity index (χ1) is 12.6. The molecule has 3 heteroatoms. The van der Waals surface area contributed by atoms with Gasteiger partial charge in [-0.15, -0.1) is 0 Å². The molecular formula is C23H25F3. The lowest BCUT2D eigenvalue weighted by Crippen LogP contribution is -2.05. The topological polar surface area (TPSA) is 0 Å². The monoisotopic (exact) mass is 358 g/mol. The predicted molar refractivity (Wildman–Crippen MR) is 101 cm³/mol. The fraction of sp³-hybridized carbons (Fsp3) is 0.391. The second-order valence-corrected chi connectivity index (χ2v) is 7.06. The summed E-state index contributed by atoms with van der Waals surface area (Å²) in [7, 11) is 0. The zero-order valence-corrected chi connectivity index (χ0v) is 15.3. The summed E-state index contributed by atoms with van der Waals surface area (Å²) in [6.45, 7) is 2.21. The van der Waals surface area contributed by atoms with Gasteiger partial charge in [0, 0.05) is 11.1 Å². The van der Waals surface area contributed by atoms with Gasteiger partial charge in [0.15, 0.2) is 11.6 Å². The van der Waals surface area contributed by atoms with E-state index in [0.717, 1.165) is 24.5 Å². The minimum absolute atomic E-state index is 0.0176. The van der Waals surface area contributed by atoms with Gasteiger partial charge in [0.05, 0.1) is 0 Å². The number of unbranched alkanes of at least 4 members (excludes halogenated alkanes) is 4. The van der Waals surface area contributed by atoms with Crippen molar-refractivity contribution in [3.05, 3.63) is 64.5 Å². The highest BCUT2D eigenvalue weighted by atomic mass is 19.2. The Hall–Kier alpha value is -2.03. The van der Waals surface area contributed by atoms with Crippen LogP contribution in [0.5, 0.6) is 0 Å². The number of halogens is 3. The summed E-state index contributed by atoms with van der Waals surface area (Å²) in [6.07, 6.45) is 10.8. The normalized spacial score (nSPS) is 13.5. The quantitative estimate of drug-likeness (QED) is 0.451. The van der Waals surface area contributed by atoms with Gasteiger partial charge < -0.3 is 0 Å². The Labute approximate surface area is 153 Å². The van der Waals surface area contributed by atoms with Gasteiger partial charge in [0.25, 0.3) is 0 Å². The smallest absolute Gasteiger partial charge is 0.166 e. The molecule has 0 aliphatic heterocycles. The van der Waals surface area contributed by atoms with Crippen LogP contribution in [-0.4, -0.2) is 0 Å². The molecule has 0 unspecified atom stereocenters. The van der Waals surface area contributed by atoms with E-state index >= 15 is 0 Å². The van der Waals surface area contributed by atoms with Crippen LogP contribution in [0, 0.1) is 17.5 Å². The second kappa shape index (κ2) is 8.57. The third-order valence-electron chi connectivity index (χ3n) is 5.18. The molecule has 0 saturated carbocycles. The molecule has 0 aromatic heterocycles. The fourth-order valence-electron chi connectivity index (χ4n) is 3.68. The van der Waals surface area contributed by atoms with E-state index in [1.54, 1.807) is 6.07 Å². The Kier molecular flexibility index (Phi) is 6.18. The van der Waals surface area contributed by atoms with Gasteiger partial charge in [-0.1, -0.05) is 68.5 Å². The van der Waals surface area contributed by atoms with Crippen LogP contribution in [0.2, 0.25) is 0 Å². The molecule has 26 heavy (non-hydrogen) atoms. The molecule has 1 aliphatic rings. The first-order valence-electron chi connectivity index (χ1n) is 9.57. The van der Waals surface area contributed by atoms with Crippen molar-refractivity contribution < 1.29 is 13.2 Å². The molecule has 3 rings (SSSR count). The molecule has 0 atom stereocenters. The maximum atomic E-state index is 15.0. The van der Waals surface area contributed by atoms with Crippen molar-refractivity contribution in [1.82, 2.24) is 0 Å². The minimum Gasteiger partial charge on any atom is -0.206 e. The van der Waals surface area contributed by atoms with Gasteiger partial charge in [-0.25, -0.2) is 13.2 Å². The van der Waals surface area contributed by atoms with E-state index in [0.29, 0.717) is 12.0 Å². The zero-order chi connectivity index (χ0) is 18.5. The van der Waals surface area contributed by atoms with Crippen molar-refractivity contribution in [3.63, 3.8) is 0 Å². The Morgan fingerprint density at radius 2 is 1.58 bits per heavy atom. The minimum atomic E-state index is -0.995. The van der Waals surface area contributed by atoms with Gasteiger partial charge >= 0.3 is 0 Å². The lowest BCUT2D eigenvalue weighted by Gasteiger charge is -2.19. The average Bonchev–Trinajstić information content (AvgIpc) is 2.64. The summed E-state index contributed by atoms with van der Waals surface area (Å²) < 4.78 is 42.5. The van der Waals surface area contributed by atoms with E-state index in [-0.39, 0.29) is 11.1 Å². The van der Waals surface area contributed by atoms with Crippen molar-refractivity contribution >= 4 is 6.08 Å². The molecule has 0 saturated heterocycles. The Morgan fingerprint density at radius 1 is 0.808 bits per heavy atom. The number of rotatable bonds is 7. The summed E-state index contributed by atoms with van der Waals surface area (Å²) in [5.41, 5.74) is 2.96. The van der Waals surface area contributed by atoms with Crippen LogP contribution in [0.4, 0.5) is 13.2 Å². The summed E-state index contributed by atoms with van der Waals surface area (Å²) in [6, 6.07) is 7.26. The average molecular weight is 358 g/mol. The SMILES string of the molecule is CCCCCCCC1=Cc2ccc(-c3cccc(F)c3F)c(F)c2CC1. The Bertz CT molecular complexity index is 805. The molecule has 1 aliphatic carbocycles. The summed E-state index contributed by atoms with van der Waals surface area (Å²) in [5, 5.41) is 0. The number of hydrogen-bond acceptors (Lipinski definition) is 0. The molecule has 0 fully saturated rings. The Balaban J connectivity index is 1.79. The van der Waals surface area contributed by atoms with Crippen molar-refractivity contribution in [2.24, 2.45) is 0 Å². The number of hydrogen-bond donors (Lipinski definition) is 0. The highest BCUT2D eigenvalue weighted by molar-refractivity contribution is 5.71. The highest BCUT2D eigenvalue weighted by Crippen LogP contribution is 2.35. The molecule has 2 aromatic rings. The second-order valence-electron chi connectivity index (χ2n) is 7.06. The largest absolute Gasteiger partial charge is 0.206 e. The highest BCUT2D eigenvalue weighted by Gasteiger charge is 2.20. The summed E-state index contributed by atoms with van der Waals surface area (Å²) >= 11 is 0. The molecule has 0 nitrogen and oxygen atoms in total. The molecule has 0 radical (unpaired) electrons. The number of fused-ring (bicyclic) bond motifs is 1. The van der Waals surface area contributed by atoms with E-state index in [4.69, 9.17) is 0 Å². The van der Waals surface area contributed by atoms with Gasteiger partial charge in [0.1, 0.15) is 5.82 Å². The fourth-order valence-corrected chi connectivity index (χ4v) is 3.68. The molecule has 0 amide bonds. The molecule has 0 spiro atoms.